The van der Waals surface area contributed by atoms with Gasteiger partial charge < -0.3 is 85.3 Å². The first-order valence-electron chi connectivity index (χ1n) is 42.0. The van der Waals surface area contributed by atoms with Crippen LogP contribution in [0.2, 0.25) is 0 Å². The Morgan fingerprint density at radius 3 is 0.983 bits per heavy atom. The van der Waals surface area contributed by atoms with Crippen molar-refractivity contribution in [3.8, 4) is 0 Å². The second-order valence-corrected chi connectivity index (χ2v) is 30.9. The molecule has 7 unspecified atom stereocenters. The number of rotatable bonds is 24. The van der Waals surface area contributed by atoms with E-state index in [-0.39, 0.29) is 68.0 Å². The standard InChI is InChI=1S/C17H23N3O2.C15H19N3O.C14H17N3O.C11H17F2N3O.C10H15F2N3O.C10H17N3O2.C9H15N3O2/c18-10-16(17-11-19-13-22-17)20-8-6-15(7-9-20)21-12-14-4-2-1-3-5-14;1-11-15(19-10-17-11)14(8-16)18-7-6-12-4-2-3-5-13(12)9-18;15-7-13(14-8-16-10-18-14)17-6-5-11-3-1-2-4-12(11)9-17;1-8-10(17-7-15-8)9(6-14)16-4-2-11(12,13)3-5-16;11-10(12)1-3-15(4-2-10)8(5-13)9-6-14-7-16-9;1-8-10(15-7-12-8)9(6-11)13-2-4-14-5-3-13;10-5-8(9-6-11-7-14-9)12-1-3-13-4-2-12/h1-5,11,13,15-16H,6-10,12,18H2;2-5,10,14H,6-9,16H2,1H3;1-4,8,10,13H,5-7,9,15H2;7,9H,2-6,14H2,1H3;6-8H,1-5,13H2;7,9H,2-6,11H2,1H3;6-8H,1-5,10H2. The van der Waals surface area contributed by atoms with Crippen LogP contribution in [0.1, 0.15) is 166 Å². The maximum Gasteiger partial charge on any atom is 0.250 e. The first-order chi connectivity index (χ1) is 58.9. The highest BCUT2D eigenvalue weighted by Gasteiger charge is 2.40. The molecule has 0 saturated carbocycles. The Balaban J connectivity index is 0.000000138. The first-order valence-corrected chi connectivity index (χ1v) is 42.0. The summed E-state index contributed by atoms with van der Waals surface area (Å²) in [7, 11) is 0. The van der Waals surface area contributed by atoms with E-state index in [4.69, 9.17) is 85.3 Å². The van der Waals surface area contributed by atoms with Crippen LogP contribution in [-0.4, -0.2) is 238 Å². The molecule has 5 fully saturated rings. The molecule has 14 N–H and O–H groups in total. The minimum Gasteiger partial charge on any atom is -0.447 e. The maximum absolute atomic E-state index is 13.1. The minimum absolute atomic E-state index is 0.113. The molecule has 35 heteroatoms. The van der Waals surface area contributed by atoms with Crippen LogP contribution in [0.25, 0.3) is 0 Å². The molecule has 7 aliphatic heterocycles. The monoisotopic (exact) mass is 1690 g/mol. The van der Waals surface area contributed by atoms with Crippen molar-refractivity contribution in [2.45, 2.75) is 152 Å². The Morgan fingerprint density at radius 1 is 0.355 bits per heavy atom. The molecular weight excluding hydrogens is 1560 g/mol. The number of fused-ring (bicyclic) bond motifs is 2. The van der Waals surface area contributed by atoms with Crippen molar-refractivity contribution in [3.63, 3.8) is 0 Å². The van der Waals surface area contributed by atoms with Gasteiger partial charge in [0.15, 0.2) is 44.8 Å². The van der Waals surface area contributed by atoms with Gasteiger partial charge in [0.2, 0.25) is 0 Å². The van der Waals surface area contributed by atoms with Gasteiger partial charge in [-0.25, -0.2) is 52.4 Å². The van der Waals surface area contributed by atoms with Crippen LogP contribution >= 0.6 is 0 Å². The molecule has 10 aromatic rings. The number of halogens is 4. The van der Waals surface area contributed by atoms with Gasteiger partial charge in [-0.1, -0.05) is 78.9 Å². The van der Waals surface area contributed by atoms with Crippen molar-refractivity contribution in [3.05, 3.63) is 234 Å². The lowest BCUT2D eigenvalue weighted by atomic mass is 9.98. The van der Waals surface area contributed by atoms with E-state index < -0.39 is 11.8 Å². The molecule has 7 aromatic heterocycles. The van der Waals surface area contributed by atoms with Crippen molar-refractivity contribution in [2.24, 2.45) is 40.1 Å². The molecule has 121 heavy (non-hydrogen) atoms. The van der Waals surface area contributed by atoms with Crippen molar-refractivity contribution in [1.82, 2.24) is 69.2 Å². The van der Waals surface area contributed by atoms with Crippen LogP contribution in [-0.2, 0) is 46.7 Å². The van der Waals surface area contributed by atoms with Crippen LogP contribution in [0.5, 0.6) is 0 Å². The molecule has 7 atom stereocenters. The van der Waals surface area contributed by atoms with Gasteiger partial charge >= 0.3 is 0 Å². The fraction of sp³-hybridized carbons (Fsp3) is 0.547. The summed E-state index contributed by atoms with van der Waals surface area (Å²) in [5, 5.41) is 0. The van der Waals surface area contributed by atoms with Crippen molar-refractivity contribution >= 4 is 0 Å². The van der Waals surface area contributed by atoms with Gasteiger partial charge in [-0.2, -0.15) is 0 Å². The molecule has 17 rings (SSSR count). The largest absolute Gasteiger partial charge is 0.447 e. The Labute approximate surface area is 705 Å². The number of benzene rings is 3. The van der Waals surface area contributed by atoms with Gasteiger partial charge in [-0.3, -0.25) is 34.3 Å². The molecule has 0 radical (unpaired) electrons. The average Bonchev–Trinajstić information content (AvgIpc) is 1.81. The van der Waals surface area contributed by atoms with Crippen molar-refractivity contribution in [1.29, 1.82) is 0 Å². The highest BCUT2D eigenvalue weighted by atomic mass is 19.3. The van der Waals surface area contributed by atoms with E-state index in [1.807, 2.05) is 48.8 Å². The lowest BCUT2D eigenvalue weighted by Gasteiger charge is -2.36. The Kier molecular flexibility index (Phi) is 36.6. The number of hydrogen-bond acceptors (Lipinski definition) is 31. The molecule has 7 aliphatic rings. The summed E-state index contributed by atoms with van der Waals surface area (Å²) in [5.74, 6) is 0.618. The SMILES string of the molecule is Cc1ncoc1C(CN)N1CCC(F)(F)CC1.Cc1ncoc1C(CN)N1CCOCC1.Cc1ncoc1C(CN)N1CCc2ccccc2C1.NCC(c1cnco1)N1CCC(F)(F)CC1.NCC(c1cnco1)N1CCC(OCc2ccccc2)CC1.NCC(c1cnco1)N1CCOCC1.NCC(c1cnco1)N1CCc2ccccc2C1. The topological polar surface area (TPSA) is 415 Å². The third kappa shape index (κ3) is 26.8. The smallest absolute Gasteiger partial charge is 0.250 e. The number of piperidine rings is 3. The van der Waals surface area contributed by atoms with E-state index in [1.54, 1.807) is 24.8 Å². The number of ether oxygens (including phenoxy) is 3. The third-order valence-corrected chi connectivity index (χ3v) is 23.3. The number of hydrogen-bond donors (Lipinski definition) is 7. The molecule has 31 nitrogen and oxygen atoms in total. The minimum atomic E-state index is -2.54. The molecule has 0 bridgehead atoms. The number of likely N-dealkylation sites (tertiary alicyclic amines) is 3. The van der Waals surface area contributed by atoms with Crippen molar-refractivity contribution in [2.75, 3.05) is 151 Å². The second-order valence-electron chi connectivity index (χ2n) is 30.9. The van der Waals surface area contributed by atoms with E-state index in [0.29, 0.717) is 96.2 Å². The number of nitrogens with two attached hydrogens (primary N) is 7. The van der Waals surface area contributed by atoms with Crippen molar-refractivity contribution < 1.29 is 62.7 Å². The zero-order valence-corrected chi connectivity index (χ0v) is 69.9. The Hall–Kier alpha value is -8.83. The Bertz CT molecular complexity index is 4410. The summed E-state index contributed by atoms with van der Waals surface area (Å²) in [6.07, 6.45) is 21.0. The molecule has 0 spiro atoms. The van der Waals surface area contributed by atoms with E-state index >= 15 is 0 Å². The highest BCUT2D eigenvalue weighted by molar-refractivity contribution is 5.31. The lowest BCUT2D eigenvalue weighted by molar-refractivity contribution is -0.0647. The van der Waals surface area contributed by atoms with Gasteiger partial charge in [0.05, 0.1) is 123 Å². The van der Waals surface area contributed by atoms with Gasteiger partial charge in [-0.15, -0.1) is 0 Å². The fourth-order valence-corrected chi connectivity index (χ4v) is 16.3. The predicted octanol–water partition coefficient (Wildman–Crippen LogP) is 9.57. The zero-order valence-electron chi connectivity index (χ0n) is 69.9. The predicted molar refractivity (Wildman–Crippen MR) is 446 cm³/mol. The van der Waals surface area contributed by atoms with Crippen LogP contribution < -0.4 is 40.1 Å². The third-order valence-electron chi connectivity index (χ3n) is 23.3. The molecule has 3 aromatic carbocycles. The summed E-state index contributed by atoms with van der Waals surface area (Å²) in [6, 6.07) is 27.9. The van der Waals surface area contributed by atoms with Gasteiger partial charge in [0.25, 0.3) is 11.8 Å². The summed E-state index contributed by atoms with van der Waals surface area (Å²) in [5.41, 5.74) is 50.2. The lowest BCUT2D eigenvalue weighted by Crippen LogP contribution is -2.43. The number of aromatic nitrogens is 7. The first kappa shape index (κ1) is 92.9. The number of aryl methyl sites for hydroxylation is 3. The van der Waals surface area contributed by atoms with Crippen LogP contribution in [0.15, 0.2) is 179 Å². The van der Waals surface area contributed by atoms with Gasteiger partial charge in [-0.05, 0) is 74.3 Å². The van der Waals surface area contributed by atoms with E-state index in [0.717, 1.165) is 163 Å². The number of nitrogens with zero attached hydrogens (tertiary/aromatic N) is 14. The molecular formula is C86H123F4N21O10. The van der Waals surface area contributed by atoms with E-state index in [1.165, 1.54) is 72.6 Å². The average molecular weight is 1690 g/mol. The van der Waals surface area contributed by atoms with Gasteiger partial charge in [0.1, 0.15) is 40.3 Å². The van der Waals surface area contributed by atoms with Gasteiger partial charge in [0, 0.05) is 163 Å². The van der Waals surface area contributed by atoms with Crippen LogP contribution in [0, 0.1) is 20.8 Å². The number of morpholine rings is 2. The fourth-order valence-electron chi connectivity index (χ4n) is 16.3. The molecule has 0 amide bonds. The maximum atomic E-state index is 13.1. The summed E-state index contributed by atoms with van der Waals surface area (Å²) in [4.78, 5) is 43.5. The highest BCUT2D eigenvalue weighted by Crippen LogP contribution is 2.36. The second kappa shape index (κ2) is 47.7. The van der Waals surface area contributed by atoms with Crippen LogP contribution in [0.3, 0.4) is 0 Å². The summed E-state index contributed by atoms with van der Waals surface area (Å²) < 4.78 is 106. The van der Waals surface area contributed by atoms with E-state index in [2.05, 4.69) is 120 Å². The summed E-state index contributed by atoms with van der Waals surface area (Å²) >= 11 is 0. The molecule has 5 saturated heterocycles. The zero-order chi connectivity index (χ0) is 85.4. The molecule has 0 aliphatic carbocycles. The number of alkyl halides is 4. The number of oxazole rings is 7. The molecule has 660 valence electrons. The quantitative estimate of drug-likeness (QED) is 0.0277. The molecule has 14 heterocycles. The summed E-state index contributed by atoms with van der Waals surface area (Å²) in [6.45, 7) is 23.8. The van der Waals surface area contributed by atoms with Crippen LogP contribution in [0.4, 0.5) is 17.6 Å². The Morgan fingerprint density at radius 2 is 0.653 bits per heavy atom. The van der Waals surface area contributed by atoms with E-state index in [9.17, 15) is 17.6 Å². The normalized spacial score (nSPS) is 19.8.